The predicted molar refractivity (Wildman–Crippen MR) is 105 cm³/mol. The Morgan fingerprint density at radius 1 is 1.14 bits per heavy atom. The summed E-state index contributed by atoms with van der Waals surface area (Å²) in [5, 5.41) is 4.39. The maximum atomic E-state index is 4.83. The van der Waals surface area contributed by atoms with Gasteiger partial charge in [0.1, 0.15) is 0 Å². The van der Waals surface area contributed by atoms with Gasteiger partial charge in [-0.2, -0.15) is 11.3 Å². The van der Waals surface area contributed by atoms with Gasteiger partial charge in [0.05, 0.1) is 12.6 Å². The van der Waals surface area contributed by atoms with Crippen molar-refractivity contribution in [2.24, 2.45) is 4.99 Å². The lowest BCUT2D eigenvalue weighted by Crippen LogP contribution is -2.37. The van der Waals surface area contributed by atoms with Gasteiger partial charge in [-0.3, -0.25) is 9.89 Å². The molecule has 1 rings (SSSR count). The number of guanidine groups is 1. The molecule has 21 heavy (non-hydrogen) atoms. The molecule has 122 valence electrons. The van der Waals surface area contributed by atoms with E-state index in [-0.39, 0.29) is 24.0 Å². The Labute approximate surface area is 150 Å². The summed E-state index contributed by atoms with van der Waals surface area (Å²) in [5.41, 5.74) is 1.37. The smallest absolute Gasteiger partial charge is 0.195 e. The van der Waals surface area contributed by atoms with Crippen molar-refractivity contribution in [2.75, 3.05) is 47.8 Å². The van der Waals surface area contributed by atoms with Crippen molar-refractivity contribution in [1.82, 2.24) is 14.7 Å². The second kappa shape index (κ2) is 10.4. The van der Waals surface area contributed by atoms with Crippen LogP contribution in [0.3, 0.4) is 0 Å². The molecule has 0 N–H and O–H groups in total. The minimum Gasteiger partial charge on any atom is -0.349 e. The molecule has 1 unspecified atom stereocenters. The van der Waals surface area contributed by atoms with Gasteiger partial charge < -0.3 is 9.80 Å². The molecule has 1 aromatic rings. The number of halogens is 1. The van der Waals surface area contributed by atoms with Gasteiger partial charge >= 0.3 is 0 Å². The van der Waals surface area contributed by atoms with E-state index in [2.05, 4.69) is 45.4 Å². The van der Waals surface area contributed by atoms with Crippen molar-refractivity contribution < 1.29 is 0 Å². The zero-order valence-corrected chi connectivity index (χ0v) is 17.2. The third-order valence-corrected chi connectivity index (χ3v) is 4.09. The molecule has 0 radical (unpaired) electrons. The van der Waals surface area contributed by atoms with Crippen molar-refractivity contribution in [3.05, 3.63) is 22.4 Å². The molecule has 0 saturated carbocycles. The van der Waals surface area contributed by atoms with Gasteiger partial charge in [0.15, 0.2) is 5.96 Å². The average Bonchev–Trinajstić information content (AvgIpc) is 2.90. The van der Waals surface area contributed by atoms with Crippen LogP contribution in [0.1, 0.15) is 25.5 Å². The van der Waals surface area contributed by atoms with Crippen LogP contribution in [-0.4, -0.2) is 68.5 Å². The van der Waals surface area contributed by atoms with E-state index < -0.39 is 0 Å². The predicted octanol–water partition coefficient (Wildman–Crippen LogP) is 3.23. The third kappa shape index (κ3) is 6.12. The van der Waals surface area contributed by atoms with Crippen LogP contribution in [0.4, 0.5) is 0 Å². The normalized spacial score (nSPS) is 11.8. The maximum absolute atomic E-state index is 4.83. The summed E-state index contributed by atoms with van der Waals surface area (Å²) in [4.78, 5) is 11.4. The standard InChI is InChI=1S/C15H28N4S.HI/c1-7-19(8-2)14(13-9-10-20-12-13)11-16-15(17(3)4)18(5)6;/h9-10,12,14H,7-8,11H2,1-6H3;1H. The molecular weight excluding hydrogens is 395 g/mol. The Hall–Kier alpha value is -0.340. The van der Waals surface area contributed by atoms with E-state index >= 15 is 0 Å². The quantitative estimate of drug-likeness (QED) is 0.398. The SMILES string of the molecule is CCN(CC)C(CN=C(N(C)C)N(C)C)c1ccsc1.I. The van der Waals surface area contributed by atoms with E-state index in [0.717, 1.165) is 25.6 Å². The first kappa shape index (κ1) is 20.7. The molecule has 0 aliphatic carbocycles. The van der Waals surface area contributed by atoms with Crippen LogP contribution in [0.25, 0.3) is 0 Å². The Bertz CT molecular complexity index is 390. The Balaban J connectivity index is 0.00000400. The Kier molecular flexibility index (Phi) is 10.2. The van der Waals surface area contributed by atoms with Crippen molar-refractivity contribution in [1.29, 1.82) is 0 Å². The van der Waals surface area contributed by atoms with E-state index in [1.807, 2.05) is 28.2 Å². The van der Waals surface area contributed by atoms with Crippen molar-refractivity contribution in [3.63, 3.8) is 0 Å². The molecule has 0 fully saturated rings. The minimum absolute atomic E-state index is 0. The number of aliphatic imine (C=N–C) groups is 1. The lowest BCUT2D eigenvalue weighted by molar-refractivity contribution is 0.224. The number of nitrogens with zero attached hydrogens (tertiary/aromatic N) is 4. The van der Waals surface area contributed by atoms with Crippen LogP contribution in [0.2, 0.25) is 0 Å². The Morgan fingerprint density at radius 3 is 2.10 bits per heavy atom. The lowest BCUT2D eigenvalue weighted by atomic mass is 10.1. The summed E-state index contributed by atoms with van der Waals surface area (Å²) in [6.45, 7) is 7.32. The first-order valence-corrected chi connectivity index (χ1v) is 8.10. The van der Waals surface area contributed by atoms with E-state index in [4.69, 9.17) is 4.99 Å². The van der Waals surface area contributed by atoms with E-state index in [1.54, 1.807) is 11.3 Å². The highest BCUT2D eigenvalue weighted by molar-refractivity contribution is 14.0. The van der Waals surface area contributed by atoms with Crippen molar-refractivity contribution in [3.8, 4) is 0 Å². The lowest BCUT2D eigenvalue weighted by Gasteiger charge is -2.29. The number of hydrogen-bond acceptors (Lipinski definition) is 3. The number of likely N-dealkylation sites (N-methyl/N-ethyl adjacent to an activating group) is 1. The van der Waals surface area contributed by atoms with E-state index in [1.165, 1.54) is 5.56 Å². The van der Waals surface area contributed by atoms with Crippen LogP contribution >= 0.6 is 35.3 Å². The second-order valence-electron chi connectivity index (χ2n) is 5.22. The fraction of sp³-hybridized carbons (Fsp3) is 0.667. The second-order valence-corrected chi connectivity index (χ2v) is 6.00. The molecule has 6 heteroatoms. The molecule has 0 saturated heterocycles. The minimum atomic E-state index is 0. The summed E-state index contributed by atoms with van der Waals surface area (Å²) in [5.74, 6) is 1.01. The summed E-state index contributed by atoms with van der Waals surface area (Å²) < 4.78 is 0. The molecule has 4 nitrogen and oxygen atoms in total. The average molecular weight is 424 g/mol. The highest BCUT2D eigenvalue weighted by Gasteiger charge is 2.18. The van der Waals surface area contributed by atoms with Gasteiger partial charge in [0, 0.05) is 28.2 Å². The number of thiophene rings is 1. The molecule has 0 aliphatic heterocycles. The van der Waals surface area contributed by atoms with Gasteiger partial charge in [-0.15, -0.1) is 24.0 Å². The Morgan fingerprint density at radius 2 is 1.71 bits per heavy atom. The van der Waals surface area contributed by atoms with Crippen LogP contribution < -0.4 is 0 Å². The molecule has 0 amide bonds. The van der Waals surface area contributed by atoms with Crippen LogP contribution in [0, 0.1) is 0 Å². The van der Waals surface area contributed by atoms with E-state index in [0.29, 0.717) is 6.04 Å². The van der Waals surface area contributed by atoms with Gasteiger partial charge in [0.2, 0.25) is 0 Å². The molecule has 0 spiro atoms. The molecule has 1 atom stereocenters. The molecule has 0 aromatic carbocycles. The fourth-order valence-electron chi connectivity index (χ4n) is 2.41. The van der Waals surface area contributed by atoms with Gasteiger partial charge in [-0.1, -0.05) is 13.8 Å². The first-order chi connectivity index (χ1) is 9.51. The van der Waals surface area contributed by atoms with Gasteiger partial charge in [-0.05, 0) is 35.5 Å². The maximum Gasteiger partial charge on any atom is 0.195 e. The molecule has 0 aliphatic rings. The summed E-state index contributed by atoms with van der Waals surface area (Å²) >= 11 is 1.76. The van der Waals surface area contributed by atoms with Crippen LogP contribution in [0.5, 0.6) is 0 Å². The zero-order valence-electron chi connectivity index (χ0n) is 14.0. The summed E-state index contributed by atoms with van der Waals surface area (Å²) in [6, 6.07) is 2.58. The topological polar surface area (TPSA) is 22.1 Å². The largest absolute Gasteiger partial charge is 0.349 e. The molecule has 0 bridgehead atoms. The summed E-state index contributed by atoms with van der Waals surface area (Å²) in [7, 11) is 8.15. The van der Waals surface area contributed by atoms with Crippen molar-refractivity contribution in [2.45, 2.75) is 19.9 Å². The fourth-order valence-corrected chi connectivity index (χ4v) is 3.12. The zero-order chi connectivity index (χ0) is 15.1. The molecule has 1 aromatic heterocycles. The van der Waals surface area contributed by atoms with Gasteiger partial charge in [0.25, 0.3) is 0 Å². The monoisotopic (exact) mass is 424 g/mol. The van der Waals surface area contributed by atoms with Crippen LogP contribution in [-0.2, 0) is 0 Å². The highest BCUT2D eigenvalue weighted by Crippen LogP contribution is 2.23. The number of hydrogen-bond donors (Lipinski definition) is 0. The summed E-state index contributed by atoms with van der Waals surface area (Å²) in [6.07, 6.45) is 0. The number of rotatable bonds is 6. The molecular formula is C15H29IN4S. The van der Waals surface area contributed by atoms with Gasteiger partial charge in [-0.25, -0.2) is 0 Å². The highest BCUT2D eigenvalue weighted by atomic mass is 127. The third-order valence-electron chi connectivity index (χ3n) is 3.39. The van der Waals surface area contributed by atoms with Crippen LogP contribution in [0.15, 0.2) is 21.8 Å². The van der Waals surface area contributed by atoms with Crippen molar-refractivity contribution >= 4 is 41.3 Å². The molecule has 1 heterocycles. The first-order valence-electron chi connectivity index (χ1n) is 7.16. The van der Waals surface area contributed by atoms with E-state index in [9.17, 15) is 0 Å².